The van der Waals surface area contributed by atoms with E-state index >= 15 is 0 Å². The number of carbonyl (C=O) groups is 1. The number of hydrogen-bond donors (Lipinski definition) is 2. The van der Waals surface area contributed by atoms with Gasteiger partial charge in [-0.1, -0.05) is 18.2 Å². The molecule has 2 heterocycles. The van der Waals surface area contributed by atoms with Crippen molar-refractivity contribution in [1.29, 1.82) is 0 Å². The Morgan fingerprint density at radius 2 is 2.28 bits per heavy atom. The van der Waals surface area contributed by atoms with E-state index in [9.17, 15) is 4.79 Å². The SMILES string of the molecule is O=C(NCc1ncn[nH]1)c1csc2ccccc12. The predicted molar refractivity (Wildman–Crippen MR) is 69.4 cm³/mol. The molecule has 3 aromatic rings. The molecule has 3 rings (SSSR count). The van der Waals surface area contributed by atoms with Crippen molar-refractivity contribution < 1.29 is 4.79 Å². The minimum atomic E-state index is -0.0937. The largest absolute Gasteiger partial charge is 0.345 e. The summed E-state index contributed by atoms with van der Waals surface area (Å²) in [6.45, 7) is 0.350. The summed E-state index contributed by atoms with van der Waals surface area (Å²) in [5, 5.41) is 12.1. The van der Waals surface area contributed by atoms with Crippen molar-refractivity contribution in [3.05, 3.63) is 47.4 Å². The molecule has 0 saturated heterocycles. The molecule has 0 unspecified atom stereocenters. The van der Waals surface area contributed by atoms with E-state index in [1.807, 2.05) is 29.6 Å². The highest BCUT2D eigenvalue weighted by atomic mass is 32.1. The Morgan fingerprint density at radius 3 is 3.11 bits per heavy atom. The van der Waals surface area contributed by atoms with Crippen LogP contribution in [0.25, 0.3) is 10.1 Å². The normalized spacial score (nSPS) is 10.7. The maximum atomic E-state index is 12.0. The fourth-order valence-corrected chi connectivity index (χ4v) is 2.67. The van der Waals surface area contributed by atoms with Gasteiger partial charge in [-0.2, -0.15) is 5.10 Å². The van der Waals surface area contributed by atoms with Crippen molar-refractivity contribution in [2.75, 3.05) is 0 Å². The second-order valence-corrected chi connectivity index (χ2v) is 4.67. The van der Waals surface area contributed by atoms with E-state index in [1.165, 1.54) is 6.33 Å². The maximum absolute atomic E-state index is 12.0. The summed E-state index contributed by atoms with van der Waals surface area (Å²) in [4.78, 5) is 16.0. The molecule has 0 aliphatic heterocycles. The second-order valence-electron chi connectivity index (χ2n) is 3.76. The van der Waals surface area contributed by atoms with Crippen LogP contribution in [0.4, 0.5) is 0 Å². The van der Waals surface area contributed by atoms with Crippen LogP contribution >= 0.6 is 11.3 Å². The summed E-state index contributed by atoms with van der Waals surface area (Å²) in [6.07, 6.45) is 1.42. The Labute approximate surface area is 107 Å². The zero-order valence-corrected chi connectivity index (χ0v) is 10.2. The Kier molecular flexibility index (Phi) is 2.77. The highest BCUT2D eigenvalue weighted by Gasteiger charge is 2.11. The molecule has 0 bridgehead atoms. The van der Waals surface area contributed by atoms with E-state index in [-0.39, 0.29) is 5.91 Å². The number of hydrogen-bond acceptors (Lipinski definition) is 4. The van der Waals surface area contributed by atoms with Crippen LogP contribution in [-0.2, 0) is 6.54 Å². The smallest absolute Gasteiger partial charge is 0.253 e. The second kappa shape index (κ2) is 4.58. The third kappa shape index (κ3) is 1.98. The van der Waals surface area contributed by atoms with E-state index in [0.29, 0.717) is 17.9 Å². The Bertz CT molecular complexity index is 674. The van der Waals surface area contributed by atoms with E-state index in [1.54, 1.807) is 11.3 Å². The number of aromatic nitrogens is 3. The number of thiophene rings is 1. The van der Waals surface area contributed by atoms with Crippen LogP contribution in [0.3, 0.4) is 0 Å². The van der Waals surface area contributed by atoms with Gasteiger partial charge in [0, 0.05) is 15.5 Å². The number of nitrogens with one attached hydrogen (secondary N) is 2. The summed E-state index contributed by atoms with van der Waals surface area (Å²) < 4.78 is 1.11. The lowest BCUT2D eigenvalue weighted by Crippen LogP contribution is -2.23. The van der Waals surface area contributed by atoms with Gasteiger partial charge in [-0.25, -0.2) is 4.98 Å². The standard InChI is InChI=1S/C12H10N4OS/c17-12(13-5-11-14-7-15-16-11)9-6-18-10-4-2-1-3-8(9)10/h1-4,6-7H,5H2,(H,13,17)(H,14,15,16). The lowest BCUT2D eigenvalue weighted by molar-refractivity contribution is 0.0952. The maximum Gasteiger partial charge on any atom is 0.253 e. The fourth-order valence-electron chi connectivity index (χ4n) is 1.73. The van der Waals surface area contributed by atoms with Gasteiger partial charge in [-0.15, -0.1) is 11.3 Å². The molecule has 18 heavy (non-hydrogen) atoms. The minimum Gasteiger partial charge on any atom is -0.345 e. The van der Waals surface area contributed by atoms with Crippen molar-refractivity contribution in [1.82, 2.24) is 20.5 Å². The molecule has 0 fully saturated rings. The summed E-state index contributed by atoms with van der Waals surface area (Å²) in [7, 11) is 0. The number of carbonyl (C=O) groups excluding carboxylic acids is 1. The van der Waals surface area contributed by atoms with Crippen LogP contribution in [0.15, 0.2) is 36.0 Å². The van der Waals surface area contributed by atoms with Crippen molar-refractivity contribution in [2.24, 2.45) is 0 Å². The third-order valence-electron chi connectivity index (χ3n) is 2.61. The first kappa shape index (κ1) is 10.9. The van der Waals surface area contributed by atoms with Gasteiger partial charge in [0.2, 0.25) is 0 Å². The monoisotopic (exact) mass is 258 g/mol. The predicted octanol–water partition coefficient (Wildman–Crippen LogP) is 1.95. The molecule has 0 spiro atoms. The number of fused-ring (bicyclic) bond motifs is 1. The van der Waals surface area contributed by atoms with Gasteiger partial charge in [0.1, 0.15) is 12.2 Å². The van der Waals surface area contributed by atoms with Crippen LogP contribution in [0, 0.1) is 0 Å². The molecule has 5 nitrogen and oxygen atoms in total. The number of benzene rings is 1. The van der Waals surface area contributed by atoms with Gasteiger partial charge in [-0.05, 0) is 6.07 Å². The van der Waals surface area contributed by atoms with Gasteiger partial charge < -0.3 is 5.32 Å². The van der Waals surface area contributed by atoms with Crippen LogP contribution in [0.1, 0.15) is 16.2 Å². The molecule has 0 aliphatic rings. The zero-order chi connectivity index (χ0) is 12.4. The van der Waals surface area contributed by atoms with Gasteiger partial charge >= 0.3 is 0 Å². The van der Waals surface area contributed by atoms with E-state index in [4.69, 9.17) is 0 Å². The summed E-state index contributed by atoms with van der Waals surface area (Å²) in [5.74, 6) is 0.548. The summed E-state index contributed by atoms with van der Waals surface area (Å²) >= 11 is 1.57. The number of rotatable bonds is 3. The lowest BCUT2D eigenvalue weighted by Gasteiger charge is -2.01. The average molecular weight is 258 g/mol. The minimum absolute atomic E-state index is 0.0937. The fraction of sp³-hybridized carbons (Fsp3) is 0.0833. The van der Waals surface area contributed by atoms with Gasteiger partial charge in [0.25, 0.3) is 5.91 Å². The van der Waals surface area contributed by atoms with Crippen molar-refractivity contribution >= 4 is 27.3 Å². The molecule has 2 N–H and O–H groups in total. The number of amides is 1. The average Bonchev–Trinajstić information content (AvgIpc) is 3.05. The molecule has 2 aromatic heterocycles. The number of aromatic amines is 1. The Morgan fingerprint density at radius 1 is 1.39 bits per heavy atom. The van der Waals surface area contributed by atoms with E-state index < -0.39 is 0 Å². The van der Waals surface area contributed by atoms with E-state index in [2.05, 4.69) is 20.5 Å². The zero-order valence-electron chi connectivity index (χ0n) is 9.38. The Hall–Kier alpha value is -2.21. The van der Waals surface area contributed by atoms with Crippen LogP contribution in [-0.4, -0.2) is 21.1 Å². The van der Waals surface area contributed by atoms with Crippen molar-refractivity contribution in [3.8, 4) is 0 Å². The van der Waals surface area contributed by atoms with Crippen LogP contribution in [0.2, 0.25) is 0 Å². The third-order valence-corrected chi connectivity index (χ3v) is 3.57. The molecule has 0 radical (unpaired) electrons. The molecular formula is C12H10N4OS. The first-order valence-corrected chi connectivity index (χ1v) is 6.31. The molecule has 0 saturated carbocycles. The molecule has 1 aromatic carbocycles. The Balaban J connectivity index is 1.80. The molecule has 90 valence electrons. The highest BCUT2D eigenvalue weighted by molar-refractivity contribution is 7.17. The van der Waals surface area contributed by atoms with Gasteiger partial charge in [0.05, 0.1) is 12.1 Å². The van der Waals surface area contributed by atoms with Crippen molar-refractivity contribution in [3.63, 3.8) is 0 Å². The molecule has 0 atom stereocenters. The molecule has 6 heteroatoms. The number of nitrogens with zero attached hydrogens (tertiary/aromatic N) is 2. The molecule has 0 aliphatic carbocycles. The van der Waals surface area contributed by atoms with Crippen molar-refractivity contribution in [2.45, 2.75) is 6.54 Å². The van der Waals surface area contributed by atoms with Crippen LogP contribution < -0.4 is 5.32 Å². The lowest BCUT2D eigenvalue weighted by atomic mass is 10.1. The first-order valence-electron chi connectivity index (χ1n) is 5.43. The molecule has 1 amide bonds. The topological polar surface area (TPSA) is 70.7 Å². The highest BCUT2D eigenvalue weighted by Crippen LogP contribution is 2.25. The quantitative estimate of drug-likeness (QED) is 0.754. The van der Waals surface area contributed by atoms with Gasteiger partial charge in [0.15, 0.2) is 0 Å². The van der Waals surface area contributed by atoms with Crippen LogP contribution in [0.5, 0.6) is 0 Å². The summed E-state index contributed by atoms with van der Waals surface area (Å²) in [6, 6.07) is 7.86. The number of H-pyrrole nitrogens is 1. The van der Waals surface area contributed by atoms with Gasteiger partial charge in [-0.3, -0.25) is 9.89 Å². The molecular weight excluding hydrogens is 248 g/mol. The summed E-state index contributed by atoms with van der Waals surface area (Å²) in [5.41, 5.74) is 0.704. The first-order chi connectivity index (χ1) is 8.84. The van der Waals surface area contributed by atoms with E-state index in [0.717, 1.165) is 10.1 Å².